The largest absolute Gasteiger partial charge is 0.397 e. The molecule has 0 saturated carbocycles. The molecule has 4 N–H and O–H groups in total. The monoisotopic (exact) mass is 293 g/mol. The molecule has 3 rings (SSSR count). The third-order valence-electron chi connectivity index (χ3n) is 3.20. The van der Waals surface area contributed by atoms with Gasteiger partial charge < -0.3 is 16.4 Å². The van der Waals surface area contributed by atoms with Gasteiger partial charge in [0.1, 0.15) is 0 Å². The van der Waals surface area contributed by atoms with E-state index in [1.54, 1.807) is 6.07 Å². The number of fused-ring (bicyclic) bond motifs is 1. The Balaban J connectivity index is 1.98. The molecule has 0 spiro atoms. The Morgan fingerprint density at radius 1 is 1.10 bits per heavy atom. The lowest BCUT2D eigenvalue weighted by Crippen LogP contribution is -2.04. The van der Waals surface area contributed by atoms with Crippen LogP contribution in [0.2, 0.25) is 0 Å². The molecule has 21 heavy (non-hydrogen) atoms. The Labute approximate surface area is 117 Å². The Morgan fingerprint density at radius 3 is 2.62 bits per heavy atom. The van der Waals surface area contributed by atoms with Crippen molar-refractivity contribution < 1.29 is 18.0 Å². The lowest BCUT2D eigenvalue weighted by atomic mass is 10.1. The van der Waals surface area contributed by atoms with E-state index in [-0.39, 0.29) is 23.7 Å². The molecular weight excluding hydrogens is 283 g/mol. The number of halogens is 3. The van der Waals surface area contributed by atoms with Crippen molar-refractivity contribution in [1.29, 1.82) is 0 Å². The lowest BCUT2D eigenvalue weighted by Gasteiger charge is -2.12. The minimum Gasteiger partial charge on any atom is -0.397 e. The summed E-state index contributed by atoms with van der Waals surface area (Å²) in [5.41, 5.74) is 7.42. The molecule has 0 saturated heterocycles. The fourth-order valence-corrected chi connectivity index (χ4v) is 2.17. The Morgan fingerprint density at radius 2 is 1.86 bits per heavy atom. The van der Waals surface area contributed by atoms with Gasteiger partial charge in [-0.1, -0.05) is 0 Å². The number of nitrogens with one attached hydrogen (secondary N) is 2. The average Bonchev–Trinajstić information content (AvgIpc) is 2.79. The van der Waals surface area contributed by atoms with E-state index >= 15 is 0 Å². The van der Waals surface area contributed by atoms with Crippen LogP contribution in [0.5, 0.6) is 0 Å². The van der Waals surface area contributed by atoms with Gasteiger partial charge in [-0.2, -0.15) is 0 Å². The number of carbonyl (C=O) groups is 1. The van der Waals surface area contributed by atoms with Gasteiger partial charge in [-0.15, -0.1) is 0 Å². The second kappa shape index (κ2) is 4.69. The van der Waals surface area contributed by atoms with Gasteiger partial charge >= 0.3 is 0 Å². The number of nitrogen functional groups attached to an aromatic ring is 1. The van der Waals surface area contributed by atoms with Crippen LogP contribution in [-0.2, 0) is 11.2 Å². The summed E-state index contributed by atoms with van der Waals surface area (Å²) < 4.78 is 39.7. The van der Waals surface area contributed by atoms with E-state index in [4.69, 9.17) is 5.73 Å². The number of carbonyl (C=O) groups excluding carboxylic acids is 1. The molecule has 0 aliphatic carbocycles. The van der Waals surface area contributed by atoms with Crippen molar-refractivity contribution in [3.63, 3.8) is 0 Å². The molecule has 1 amide bonds. The first-order chi connectivity index (χ1) is 9.95. The molecule has 2 aromatic carbocycles. The van der Waals surface area contributed by atoms with Gasteiger partial charge in [0.2, 0.25) is 5.91 Å². The maximum atomic E-state index is 13.6. The van der Waals surface area contributed by atoms with Crippen LogP contribution < -0.4 is 16.4 Å². The molecule has 1 heterocycles. The number of benzene rings is 2. The normalized spacial score (nSPS) is 13.0. The van der Waals surface area contributed by atoms with E-state index in [9.17, 15) is 18.0 Å². The molecule has 0 radical (unpaired) electrons. The molecule has 2 aromatic rings. The number of anilines is 4. The van der Waals surface area contributed by atoms with E-state index < -0.39 is 17.5 Å². The standard InChI is InChI=1S/C14H10F3N3O/c15-7-1-2-9(14(17)13(7)16)19-11-5-10-6(3-8(11)18)4-12(21)20-10/h1-3,5,19H,4,18H2,(H,20,21). The van der Waals surface area contributed by atoms with Gasteiger partial charge in [0.25, 0.3) is 0 Å². The van der Waals surface area contributed by atoms with Crippen molar-refractivity contribution in [2.24, 2.45) is 0 Å². The molecule has 0 aromatic heterocycles. The predicted octanol–water partition coefficient (Wildman–Crippen LogP) is 2.92. The Hall–Kier alpha value is -2.70. The van der Waals surface area contributed by atoms with Gasteiger partial charge in [0.15, 0.2) is 17.5 Å². The molecule has 7 heteroatoms. The highest BCUT2D eigenvalue weighted by Gasteiger charge is 2.20. The van der Waals surface area contributed by atoms with E-state index in [1.165, 1.54) is 6.07 Å². The summed E-state index contributed by atoms with van der Waals surface area (Å²) in [4.78, 5) is 11.3. The highest BCUT2D eigenvalue weighted by molar-refractivity contribution is 6.01. The van der Waals surface area contributed by atoms with Crippen LogP contribution in [0.1, 0.15) is 5.56 Å². The number of rotatable bonds is 2. The van der Waals surface area contributed by atoms with Gasteiger partial charge in [0, 0.05) is 5.69 Å². The van der Waals surface area contributed by atoms with Crippen LogP contribution in [0.25, 0.3) is 0 Å². The number of amides is 1. The van der Waals surface area contributed by atoms with Crippen molar-refractivity contribution in [2.75, 3.05) is 16.4 Å². The highest BCUT2D eigenvalue weighted by atomic mass is 19.2. The van der Waals surface area contributed by atoms with E-state index in [0.717, 1.165) is 17.7 Å². The molecule has 4 nitrogen and oxygen atoms in total. The number of nitrogens with two attached hydrogens (primary N) is 1. The van der Waals surface area contributed by atoms with Crippen LogP contribution in [0.4, 0.5) is 35.9 Å². The van der Waals surface area contributed by atoms with E-state index in [1.807, 2.05) is 0 Å². The molecular formula is C14H10F3N3O. The first-order valence-corrected chi connectivity index (χ1v) is 6.08. The molecule has 108 valence electrons. The summed E-state index contributed by atoms with van der Waals surface area (Å²) in [6.45, 7) is 0. The number of hydrogen-bond donors (Lipinski definition) is 3. The predicted molar refractivity (Wildman–Crippen MR) is 72.8 cm³/mol. The SMILES string of the molecule is Nc1cc2c(cc1Nc1ccc(F)c(F)c1F)NC(=O)C2. The summed E-state index contributed by atoms with van der Waals surface area (Å²) in [6.07, 6.45) is 0.222. The Bertz CT molecular complexity index is 762. The molecule has 0 fully saturated rings. The van der Waals surface area contributed by atoms with Crippen LogP contribution in [0.15, 0.2) is 24.3 Å². The maximum absolute atomic E-state index is 13.6. The van der Waals surface area contributed by atoms with Crippen LogP contribution in [0.3, 0.4) is 0 Å². The van der Waals surface area contributed by atoms with E-state index in [0.29, 0.717) is 11.4 Å². The Kier molecular flexibility index (Phi) is 2.97. The fourth-order valence-electron chi connectivity index (χ4n) is 2.17. The van der Waals surface area contributed by atoms with Crippen molar-refractivity contribution in [3.05, 3.63) is 47.3 Å². The zero-order chi connectivity index (χ0) is 15.1. The van der Waals surface area contributed by atoms with Crippen molar-refractivity contribution in [1.82, 2.24) is 0 Å². The summed E-state index contributed by atoms with van der Waals surface area (Å²) in [5, 5.41) is 5.22. The van der Waals surface area contributed by atoms with Gasteiger partial charge in [-0.05, 0) is 29.8 Å². The van der Waals surface area contributed by atoms with Crippen molar-refractivity contribution in [2.45, 2.75) is 6.42 Å². The first-order valence-electron chi connectivity index (χ1n) is 6.08. The third-order valence-corrected chi connectivity index (χ3v) is 3.20. The van der Waals surface area contributed by atoms with Crippen LogP contribution in [-0.4, -0.2) is 5.91 Å². The summed E-state index contributed by atoms with van der Waals surface area (Å²) in [7, 11) is 0. The van der Waals surface area contributed by atoms with Crippen LogP contribution in [0, 0.1) is 17.5 Å². The topological polar surface area (TPSA) is 67.2 Å². The second-order valence-corrected chi connectivity index (χ2v) is 4.67. The molecule has 0 unspecified atom stereocenters. The van der Waals surface area contributed by atoms with Crippen LogP contribution >= 0.6 is 0 Å². The minimum absolute atomic E-state index is 0.166. The smallest absolute Gasteiger partial charge is 0.228 e. The summed E-state index contributed by atoms with van der Waals surface area (Å²) in [5.74, 6) is -4.33. The van der Waals surface area contributed by atoms with Gasteiger partial charge in [-0.3, -0.25) is 4.79 Å². The fraction of sp³-hybridized carbons (Fsp3) is 0.0714. The second-order valence-electron chi connectivity index (χ2n) is 4.67. The first kappa shape index (κ1) is 13.3. The molecule has 0 atom stereocenters. The average molecular weight is 293 g/mol. The molecule has 0 bridgehead atoms. The molecule has 1 aliphatic heterocycles. The zero-order valence-electron chi connectivity index (χ0n) is 10.6. The zero-order valence-corrected chi connectivity index (χ0v) is 10.6. The lowest BCUT2D eigenvalue weighted by molar-refractivity contribution is -0.115. The van der Waals surface area contributed by atoms with Gasteiger partial charge in [0.05, 0.1) is 23.5 Å². The summed E-state index contributed by atoms with van der Waals surface area (Å²) >= 11 is 0. The summed E-state index contributed by atoms with van der Waals surface area (Å²) in [6, 6.07) is 4.98. The maximum Gasteiger partial charge on any atom is 0.228 e. The quantitative estimate of drug-likeness (QED) is 0.589. The van der Waals surface area contributed by atoms with E-state index in [2.05, 4.69) is 10.6 Å². The van der Waals surface area contributed by atoms with Crippen molar-refractivity contribution in [3.8, 4) is 0 Å². The number of hydrogen-bond acceptors (Lipinski definition) is 3. The highest BCUT2D eigenvalue weighted by Crippen LogP contribution is 2.34. The third kappa shape index (κ3) is 2.26. The van der Waals surface area contributed by atoms with Crippen molar-refractivity contribution >= 4 is 28.7 Å². The minimum atomic E-state index is -1.56. The molecule has 1 aliphatic rings. The van der Waals surface area contributed by atoms with Gasteiger partial charge in [-0.25, -0.2) is 13.2 Å².